The van der Waals surface area contributed by atoms with E-state index in [4.69, 9.17) is 0 Å². The standard InChI is InChI=1S/C14H22N2OS/c1-10-11(2)18-13(15-10)9-14(17)6-8-16-7-4-3-5-12(14)16/h12,17H,3-9H2,1-2H3. The van der Waals surface area contributed by atoms with Crippen molar-refractivity contribution in [1.82, 2.24) is 9.88 Å². The average Bonchev–Trinajstić information content (AvgIpc) is 2.82. The van der Waals surface area contributed by atoms with E-state index in [0.717, 1.165) is 36.5 Å². The van der Waals surface area contributed by atoms with Crippen LogP contribution in [0.15, 0.2) is 0 Å². The van der Waals surface area contributed by atoms with Gasteiger partial charge in [-0.05, 0) is 39.7 Å². The number of piperidine rings is 1. The van der Waals surface area contributed by atoms with E-state index < -0.39 is 5.60 Å². The van der Waals surface area contributed by atoms with Gasteiger partial charge in [0.2, 0.25) is 0 Å². The van der Waals surface area contributed by atoms with Crippen molar-refractivity contribution in [2.24, 2.45) is 0 Å². The van der Waals surface area contributed by atoms with Gasteiger partial charge in [-0.1, -0.05) is 6.42 Å². The number of aromatic nitrogens is 1. The van der Waals surface area contributed by atoms with Crippen LogP contribution in [-0.2, 0) is 6.42 Å². The Hall–Kier alpha value is -0.450. The maximum absolute atomic E-state index is 11.0. The normalized spacial score (nSPS) is 32.7. The molecule has 2 atom stereocenters. The molecule has 1 N–H and O–H groups in total. The van der Waals surface area contributed by atoms with Crippen molar-refractivity contribution in [3.63, 3.8) is 0 Å². The van der Waals surface area contributed by atoms with E-state index in [1.54, 1.807) is 11.3 Å². The molecule has 0 bridgehead atoms. The van der Waals surface area contributed by atoms with Gasteiger partial charge < -0.3 is 5.11 Å². The van der Waals surface area contributed by atoms with Crippen molar-refractivity contribution in [2.75, 3.05) is 13.1 Å². The summed E-state index contributed by atoms with van der Waals surface area (Å²) in [6.45, 7) is 6.40. The lowest BCUT2D eigenvalue weighted by molar-refractivity contribution is -0.00889. The Bertz CT molecular complexity index is 426. The third-order valence-corrected chi connectivity index (χ3v) is 5.67. The second-order valence-electron chi connectivity index (χ2n) is 5.83. The Kier molecular flexibility index (Phi) is 3.20. The smallest absolute Gasteiger partial charge is 0.0960 e. The lowest BCUT2D eigenvalue weighted by atomic mass is 9.86. The van der Waals surface area contributed by atoms with E-state index in [0.29, 0.717) is 6.04 Å². The number of hydrogen-bond donors (Lipinski definition) is 1. The second kappa shape index (κ2) is 4.58. The zero-order chi connectivity index (χ0) is 12.8. The molecule has 100 valence electrons. The number of aryl methyl sites for hydroxylation is 2. The fourth-order valence-corrected chi connectivity index (χ4v) is 4.51. The van der Waals surface area contributed by atoms with Crippen LogP contribution in [0.1, 0.15) is 41.3 Å². The molecular weight excluding hydrogens is 244 g/mol. The minimum absolute atomic E-state index is 0.371. The SMILES string of the molecule is Cc1nc(CC2(O)CCN3CCCCC32)sc1C. The van der Waals surface area contributed by atoms with Crippen molar-refractivity contribution < 1.29 is 5.11 Å². The van der Waals surface area contributed by atoms with E-state index >= 15 is 0 Å². The highest BCUT2D eigenvalue weighted by Crippen LogP contribution is 2.38. The maximum atomic E-state index is 11.0. The summed E-state index contributed by atoms with van der Waals surface area (Å²) >= 11 is 1.75. The predicted octanol–water partition coefficient (Wildman–Crippen LogP) is 2.29. The summed E-state index contributed by atoms with van der Waals surface area (Å²) < 4.78 is 0. The van der Waals surface area contributed by atoms with E-state index in [1.807, 2.05) is 0 Å². The molecule has 2 aliphatic rings. The molecule has 0 aromatic carbocycles. The Morgan fingerprint density at radius 3 is 2.94 bits per heavy atom. The quantitative estimate of drug-likeness (QED) is 0.892. The first-order valence-electron chi connectivity index (χ1n) is 6.98. The molecule has 0 radical (unpaired) electrons. The van der Waals surface area contributed by atoms with Crippen LogP contribution in [0.5, 0.6) is 0 Å². The zero-order valence-corrected chi connectivity index (χ0v) is 12.1. The summed E-state index contributed by atoms with van der Waals surface area (Å²) in [4.78, 5) is 8.36. The van der Waals surface area contributed by atoms with Crippen LogP contribution in [0.25, 0.3) is 0 Å². The molecule has 4 heteroatoms. The van der Waals surface area contributed by atoms with Gasteiger partial charge in [-0.15, -0.1) is 11.3 Å². The monoisotopic (exact) mass is 266 g/mol. The molecule has 3 rings (SSSR count). The zero-order valence-electron chi connectivity index (χ0n) is 11.3. The molecular formula is C14H22N2OS. The first-order chi connectivity index (χ1) is 8.58. The van der Waals surface area contributed by atoms with Crippen molar-refractivity contribution in [1.29, 1.82) is 0 Å². The highest BCUT2D eigenvalue weighted by molar-refractivity contribution is 7.11. The molecule has 3 heterocycles. The van der Waals surface area contributed by atoms with Crippen molar-refractivity contribution in [2.45, 2.75) is 57.6 Å². The van der Waals surface area contributed by atoms with Crippen molar-refractivity contribution in [3.8, 4) is 0 Å². The summed E-state index contributed by atoms with van der Waals surface area (Å²) in [6, 6.07) is 0.371. The van der Waals surface area contributed by atoms with Gasteiger partial charge in [0, 0.05) is 23.9 Å². The highest BCUT2D eigenvalue weighted by atomic mass is 32.1. The molecule has 2 fully saturated rings. The van der Waals surface area contributed by atoms with Crippen LogP contribution < -0.4 is 0 Å². The number of aliphatic hydroxyl groups is 1. The Balaban J connectivity index is 1.78. The van der Waals surface area contributed by atoms with Gasteiger partial charge in [-0.3, -0.25) is 4.90 Å². The van der Waals surface area contributed by atoms with E-state index in [2.05, 4.69) is 23.7 Å². The minimum atomic E-state index is -0.531. The van der Waals surface area contributed by atoms with E-state index in [-0.39, 0.29) is 0 Å². The minimum Gasteiger partial charge on any atom is -0.388 e. The van der Waals surface area contributed by atoms with Crippen LogP contribution in [-0.4, -0.2) is 39.7 Å². The van der Waals surface area contributed by atoms with Crippen LogP contribution >= 0.6 is 11.3 Å². The maximum Gasteiger partial charge on any atom is 0.0960 e. The Morgan fingerprint density at radius 1 is 1.39 bits per heavy atom. The van der Waals surface area contributed by atoms with Gasteiger partial charge in [0.1, 0.15) is 0 Å². The molecule has 3 nitrogen and oxygen atoms in total. The molecule has 1 aromatic heterocycles. The fraction of sp³-hybridized carbons (Fsp3) is 0.786. The van der Waals surface area contributed by atoms with Crippen LogP contribution in [0.2, 0.25) is 0 Å². The first kappa shape index (κ1) is 12.6. The lowest BCUT2D eigenvalue weighted by Crippen LogP contribution is -2.48. The average molecular weight is 266 g/mol. The van der Waals surface area contributed by atoms with Gasteiger partial charge in [-0.25, -0.2) is 4.98 Å². The largest absolute Gasteiger partial charge is 0.388 e. The Labute approximate surface area is 113 Å². The van der Waals surface area contributed by atoms with Crippen molar-refractivity contribution in [3.05, 3.63) is 15.6 Å². The fourth-order valence-electron chi connectivity index (χ4n) is 3.45. The molecule has 2 aliphatic heterocycles. The molecule has 18 heavy (non-hydrogen) atoms. The van der Waals surface area contributed by atoms with Gasteiger partial charge in [0.25, 0.3) is 0 Å². The van der Waals surface area contributed by atoms with Crippen molar-refractivity contribution >= 4 is 11.3 Å². The molecule has 1 aromatic rings. The van der Waals surface area contributed by atoms with E-state index in [9.17, 15) is 5.11 Å². The number of nitrogens with zero attached hydrogens (tertiary/aromatic N) is 2. The predicted molar refractivity (Wildman–Crippen MR) is 74.1 cm³/mol. The first-order valence-corrected chi connectivity index (χ1v) is 7.79. The molecule has 0 spiro atoms. The van der Waals surface area contributed by atoms with Gasteiger partial charge in [0.15, 0.2) is 0 Å². The van der Waals surface area contributed by atoms with Gasteiger partial charge in [-0.2, -0.15) is 0 Å². The summed E-state index contributed by atoms with van der Waals surface area (Å²) in [5.74, 6) is 0. The molecule has 0 saturated carbocycles. The van der Waals surface area contributed by atoms with Crippen LogP contribution in [0, 0.1) is 13.8 Å². The molecule has 2 saturated heterocycles. The summed E-state index contributed by atoms with van der Waals surface area (Å²) in [6.07, 6.45) is 5.37. The third-order valence-electron chi connectivity index (χ3n) is 4.60. The highest BCUT2D eigenvalue weighted by Gasteiger charge is 2.46. The molecule has 0 aliphatic carbocycles. The van der Waals surface area contributed by atoms with Crippen LogP contribution in [0.3, 0.4) is 0 Å². The number of hydrogen-bond acceptors (Lipinski definition) is 4. The molecule has 0 amide bonds. The van der Waals surface area contributed by atoms with E-state index in [1.165, 1.54) is 24.3 Å². The Morgan fingerprint density at radius 2 is 2.22 bits per heavy atom. The topological polar surface area (TPSA) is 36.4 Å². The summed E-state index contributed by atoms with van der Waals surface area (Å²) in [7, 11) is 0. The van der Waals surface area contributed by atoms with Gasteiger partial charge >= 0.3 is 0 Å². The molecule has 2 unspecified atom stereocenters. The second-order valence-corrected chi connectivity index (χ2v) is 7.11. The number of rotatable bonds is 2. The third kappa shape index (κ3) is 2.10. The summed E-state index contributed by atoms with van der Waals surface area (Å²) in [5.41, 5.74) is 0.592. The van der Waals surface area contributed by atoms with Gasteiger partial charge in [0.05, 0.1) is 16.3 Å². The summed E-state index contributed by atoms with van der Waals surface area (Å²) in [5, 5.41) is 12.1. The lowest BCUT2D eigenvalue weighted by Gasteiger charge is -2.37. The van der Waals surface area contributed by atoms with Crippen LogP contribution in [0.4, 0.5) is 0 Å². The number of thiazole rings is 1. The number of fused-ring (bicyclic) bond motifs is 1.